The molecule has 1 fully saturated rings. The maximum Gasteiger partial charge on any atom is 0.151 e. The molecule has 0 unspecified atom stereocenters. The van der Waals surface area contributed by atoms with Crippen LogP contribution in [0.4, 0.5) is 4.39 Å². The molecule has 1 aliphatic carbocycles. The minimum atomic E-state index is -0.300. The lowest BCUT2D eigenvalue weighted by Gasteiger charge is -2.22. The summed E-state index contributed by atoms with van der Waals surface area (Å²) >= 11 is 5.94. The van der Waals surface area contributed by atoms with E-state index in [0.29, 0.717) is 30.6 Å². The highest BCUT2D eigenvalue weighted by molar-refractivity contribution is 6.16. The molecule has 5 heteroatoms. The molecule has 1 aromatic heterocycles. The normalized spacial score (nSPS) is 16.7. The minimum Gasteiger partial charge on any atom is -0.376 e. The Labute approximate surface area is 129 Å². The minimum absolute atomic E-state index is 0.275. The third-order valence-electron chi connectivity index (χ3n) is 4.15. The van der Waals surface area contributed by atoms with Crippen molar-refractivity contribution in [2.45, 2.75) is 50.6 Å². The first-order valence-corrected chi connectivity index (χ1v) is 8.14. The van der Waals surface area contributed by atoms with Crippen molar-refractivity contribution in [2.24, 2.45) is 0 Å². The van der Waals surface area contributed by atoms with E-state index in [2.05, 4.69) is 4.98 Å². The number of nitrogens with zero attached hydrogens (tertiary/aromatic N) is 2. The van der Waals surface area contributed by atoms with Crippen LogP contribution >= 0.6 is 11.6 Å². The summed E-state index contributed by atoms with van der Waals surface area (Å²) in [5, 5.41) is 0. The van der Waals surface area contributed by atoms with Crippen molar-refractivity contribution >= 4 is 22.6 Å². The first-order chi connectivity index (χ1) is 10.3. The first-order valence-electron chi connectivity index (χ1n) is 7.61. The Kier molecular flexibility index (Phi) is 4.76. The molecule has 0 aliphatic heterocycles. The molecule has 3 rings (SSSR count). The van der Waals surface area contributed by atoms with Gasteiger partial charge in [-0.3, -0.25) is 0 Å². The summed E-state index contributed by atoms with van der Waals surface area (Å²) in [7, 11) is 0. The molecule has 0 N–H and O–H groups in total. The fourth-order valence-electron chi connectivity index (χ4n) is 3.05. The summed E-state index contributed by atoms with van der Waals surface area (Å²) in [6.07, 6.45) is 6.53. The highest BCUT2D eigenvalue weighted by Crippen LogP contribution is 2.22. The van der Waals surface area contributed by atoms with Gasteiger partial charge in [-0.05, 0) is 25.0 Å². The number of halogens is 2. The van der Waals surface area contributed by atoms with Gasteiger partial charge in [-0.1, -0.05) is 25.3 Å². The second kappa shape index (κ2) is 6.75. The number of hydrogen-bond donors (Lipinski definition) is 0. The summed E-state index contributed by atoms with van der Waals surface area (Å²) in [6, 6.07) is 5.01. The van der Waals surface area contributed by atoms with Crippen LogP contribution in [0.15, 0.2) is 18.2 Å². The Morgan fingerprint density at radius 1 is 1.29 bits per heavy atom. The summed E-state index contributed by atoms with van der Waals surface area (Å²) in [5.74, 6) is 0.673. The highest BCUT2D eigenvalue weighted by Gasteiger charge is 2.15. The number of rotatable bonds is 5. The smallest absolute Gasteiger partial charge is 0.151 e. The zero-order valence-corrected chi connectivity index (χ0v) is 12.8. The maximum absolute atomic E-state index is 13.8. The second-order valence-corrected chi connectivity index (χ2v) is 5.82. The van der Waals surface area contributed by atoms with Crippen molar-refractivity contribution in [3.05, 3.63) is 29.8 Å². The van der Waals surface area contributed by atoms with Gasteiger partial charge in [0.1, 0.15) is 11.3 Å². The SMILES string of the molecule is Fc1cccc2c1nc(CCl)n2CCOC1CCCCC1. The maximum atomic E-state index is 13.8. The fraction of sp³-hybridized carbons (Fsp3) is 0.562. The molecule has 114 valence electrons. The van der Waals surface area contributed by atoms with Gasteiger partial charge in [-0.15, -0.1) is 11.6 Å². The van der Waals surface area contributed by atoms with Crippen LogP contribution in [0.1, 0.15) is 37.9 Å². The average molecular weight is 311 g/mol. The van der Waals surface area contributed by atoms with Crippen molar-refractivity contribution in [1.82, 2.24) is 9.55 Å². The van der Waals surface area contributed by atoms with E-state index in [4.69, 9.17) is 16.3 Å². The van der Waals surface area contributed by atoms with Gasteiger partial charge in [0.25, 0.3) is 0 Å². The van der Waals surface area contributed by atoms with Crippen LogP contribution < -0.4 is 0 Å². The largest absolute Gasteiger partial charge is 0.376 e. The Bertz CT molecular complexity index is 608. The number of fused-ring (bicyclic) bond motifs is 1. The zero-order chi connectivity index (χ0) is 14.7. The van der Waals surface area contributed by atoms with Crippen LogP contribution in [-0.4, -0.2) is 22.3 Å². The van der Waals surface area contributed by atoms with Gasteiger partial charge in [0.2, 0.25) is 0 Å². The van der Waals surface area contributed by atoms with E-state index in [1.807, 2.05) is 10.6 Å². The first kappa shape index (κ1) is 14.8. The molecule has 0 radical (unpaired) electrons. The predicted octanol–water partition coefficient (Wildman–Crippen LogP) is 4.26. The average Bonchev–Trinajstić information content (AvgIpc) is 2.88. The number of aromatic nitrogens is 2. The number of para-hydroxylation sites is 1. The van der Waals surface area contributed by atoms with Gasteiger partial charge in [0.05, 0.1) is 24.1 Å². The van der Waals surface area contributed by atoms with E-state index in [0.717, 1.165) is 18.4 Å². The number of benzene rings is 1. The van der Waals surface area contributed by atoms with Crippen LogP contribution in [0.25, 0.3) is 11.0 Å². The molecule has 21 heavy (non-hydrogen) atoms. The van der Waals surface area contributed by atoms with E-state index in [-0.39, 0.29) is 11.7 Å². The molecule has 1 heterocycles. The van der Waals surface area contributed by atoms with Crippen LogP contribution in [0, 0.1) is 5.82 Å². The van der Waals surface area contributed by atoms with Gasteiger partial charge in [0, 0.05) is 6.54 Å². The molecule has 1 saturated carbocycles. The van der Waals surface area contributed by atoms with Crippen LogP contribution in [0.5, 0.6) is 0 Å². The third-order valence-corrected chi connectivity index (χ3v) is 4.39. The van der Waals surface area contributed by atoms with Gasteiger partial charge >= 0.3 is 0 Å². The molecule has 0 spiro atoms. The second-order valence-electron chi connectivity index (χ2n) is 5.55. The lowest BCUT2D eigenvalue weighted by Crippen LogP contribution is -2.19. The number of alkyl halides is 1. The van der Waals surface area contributed by atoms with Crippen LogP contribution in [0.3, 0.4) is 0 Å². The molecule has 3 nitrogen and oxygen atoms in total. The molecule has 0 atom stereocenters. The lowest BCUT2D eigenvalue weighted by atomic mass is 9.98. The third kappa shape index (κ3) is 3.22. The van der Waals surface area contributed by atoms with Crippen molar-refractivity contribution in [2.75, 3.05) is 6.61 Å². The fourth-order valence-corrected chi connectivity index (χ4v) is 3.26. The molecule has 0 bridgehead atoms. The molecular formula is C16H20ClFN2O. The van der Waals surface area contributed by atoms with E-state index >= 15 is 0 Å². The Morgan fingerprint density at radius 2 is 2.10 bits per heavy atom. The summed E-state index contributed by atoms with van der Waals surface area (Å²) in [4.78, 5) is 4.30. The van der Waals surface area contributed by atoms with Crippen molar-refractivity contribution in [1.29, 1.82) is 0 Å². The number of hydrogen-bond acceptors (Lipinski definition) is 2. The van der Waals surface area contributed by atoms with Crippen LogP contribution in [-0.2, 0) is 17.2 Å². The van der Waals surface area contributed by atoms with E-state index in [1.165, 1.54) is 25.3 Å². The molecular weight excluding hydrogens is 291 g/mol. The molecule has 1 aliphatic rings. The predicted molar refractivity (Wildman–Crippen MR) is 82.1 cm³/mol. The Hall–Kier alpha value is -1.13. The quantitative estimate of drug-likeness (QED) is 0.771. The summed E-state index contributed by atoms with van der Waals surface area (Å²) in [5.41, 5.74) is 1.18. The molecule has 1 aromatic carbocycles. The van der Waals surface area contributed by atoms with Crippen LogP contribution in [0.2, 0.25) is 0 Å². The Morgan fingerprint density at radius 3 is 2.86 bits per heavy atom. The molecule has 2 aromatic rings. The standard InChI is InChI=1S/C16H20ClFN2O/c17-11-15-19-16-13(18)7-4-8-14(16)20(15)9-10-21-12-5-2-1-3-6-12/h4,7-8,12H,1-3,5-6,9-11H2. The zero-order valence-electron chi connectivity index (χ0n) is 12.0. The van der Waals surface area contributed by atoms with Gasteiger partial charge in [0.15, 0.2) is 5.82 Å². The topological polar surface area (TPSA) is 27.1 Å². The number of imidazole rings is 1. The van der Waals surface area contributed by atoms with Gasteiger partial charge in [-0.25, -0.2) is 9.37 Å². The number of ether oxygens (including phenoxy) is 1. The van der Waals surface area contributed by atoms with Gasteiger partial charge < -0.3 is 9.30 Å². The Balaban J connectivity index is 1.72. The van der Waals surface area contributed by atoms with E-state index in [9.17, 15) is 4.39 Å². The van der Waals surface area contributed by atoms with E-state index < -0.39 is 0 Å². The molecule has 0 saturated heterocycles. The monoisotopic (exact) mass is 310 g/mol. The van der Waals surface area contributed by atoms with Crippen molar-refractivity contribution < 1.29 is 9.13 Å². The van der Waals surface area contributed by atoms with Crippen molar-refractivity contribution in [3.8, 4) is 0 Å². The lowest BCUT2D eigenvalue weighted by molar-refractivity contribution is 0.0242. The highest BCUT2D eigenvalue weighted by atomic mass is 35.5. The van der Waals surface area contributed by atoms with Gasteiger partial charge in [-0.2, -0.15) is 0 Å². The van der Waals surface area contributed by atoms with E-state index in [1.54, 1.807) is 6.07 Å². The molecule has 0 amide bonds. The summed E-state index contributed by atoms with van der Waals surface area (Å²) in [6.45, 7) is 1.29. The summed E-state index contributed by atoms with van der Waals surface area (Å²) < 4.78 is 21.7. The van der Waals surface area contributed by atoms with Crippen molar-refractivity contribution in [3.63, 3.8) is 0 Å².